The molecule has 3 heterocycles. The van der Waals surface area contributed by atoms with Gasteiger partial charge in [0.05, 0.1) is 29.8 Å². The van der Waals surface area contributed by atoms with E-state index >= 15 is 0 Å². The number of amides is 2. The first-order chi connectivity index (χ1) is 18.4. The summed E-state index contributed by atoms with van der Waals surface area (Å²) in [5.74, 6) is -0.640. The number of hydrogen-bond acceptors (Lipinski definition) is 5. The highest BCUT2D eigenvalue weighted by molar-refractivity contribution is 9.10. The molecule has 0 aliphatic carbocycles. The Bertz CT molecular complexity index is 1430. The van der Waals surface area contributed by atoms with Crippen LogP contribution in [0.25, 0.3) is 0 Å². The molecule has 0 spiro atoms. The van der Waals surface area contributed by atoms with Gasteiger partial charge in [-0.1, -0.05) is 40.2 Å². The first kappa shape index (κ1) is 24.8. The van der Waals surface area contributed by atoms with Gasteiger partial charge in [-0.15, -0.1) is 0 Å². The minimum absolute atomic E-state index is 0.00139. The number of anilines is 2. The van der Waals surface area contributed by atoms with E-state index in [1.807, 2.05) is 47.5 Å². The van der Waals surface area contributed by atoms with E-state index in [1.54, 1.807) is 17.0 Å². The standard InChI is InChI=1S/C29H26BrFN4O3/c1-17-27(28(19-3-7-22(31)8-4-19)33-35(17)23-9-5-21(30)6-10-23)29-34(26(37)16-38-29)13-12-18-2-11-24-20(14-18)15-25(36)32-24/h2-11,14,17,27,29H,12-13,15-16H2,1H3,(H,32,36)/t17?,27?,29-/m1/s1. The quantitative estimate of drug-likeness (QED) is 0.460. The predicted octanol–water partition coefficient (Wildman–Crippen LogP) is 4.74. The van der Waals surface area contributed by atoms with Crippen molar-refractivity contribution in [3.63, 3.8) is 0 Å². The molecule has 3 aliphatic rings. The van der Waals surface area contributed by atoms with Crippen LogP contribution in [0.3, 0.4) is 0 Å². The topological polar surface area (TPSA) is 74.2 Å². The monoisotopic (exact) mass is 576 g/mol. The van der Waals surface area contributed by atoms with Crippen LogP contribution in [0.2, 0.25) is 0 Å². The van der Waals surface area contributed by atoms with Crippen molar-refractivity contribution in [1.29, 1.82) is 0 Å². The molecular formula is C29H26BrFN4O3. The molecule has 6 rings (SSSR count). The molecule has 1 saturated heterocycles. The fourth-order valence-electron chi connectivity index (χ4n) is 5.49. The molecule has 3 aliphatic heterocycles. The minimum Gasteiger partial charge on any atom is -0.348 e. The molecule has 1 fully saturated rings. The molecule has 194 valence electrons. The summed E-state index contributed by atoms with van der Waals surface area (Å²) in [4.78, 5) is 26.5. The van der Waals surface area contributed by atoms with Crippen molar-refractivity contribution in [2.75, 3.05) is 23.5 Å². The van der Waals surface area contributed by atoms with E-state index in [1.165, 1.54) is 12.1 Å². The van der Waals surface area contributed by atoms with Crippen molar-refractivity contribution in [2.24, 2.45) is 11.0 Å². The summed E-state index contributed by atoms with van der Waals surface area (Å²) in [7, 11) is 0. The normalized spacial score (nSPS) is 22.6. The summed E-state index contributed by atoms with van der Waals surface area (Å²) in [6, 6.07) is 20.0. The third-order valence-electron chi connectivity index (χ3n) is 7.42. The van der Waals surface area contributed by atoms with Gasteiger partial charge in [0.2, 0.25) is 5.91 Å². The molecule has 38 heavy (non-hydrogen) atoms. The second-order valence-electron chi connectivity index (χ2n) is 9.83. The molecule has 1 N–H and O–H groups in total. The average molecular weight is 577 g/mol. The number of benzene rings is 3. The van der Waals surface area contributed by atoms with Crippen LogP contribution >= 0.6 is 15.9 Å². The molecule has 7 nitrogen and oxygen atoms in total. The van der Waals surface area contributed by atoms with E-state index in [2.05, 4.69) is 28.2 Å². The molecule has 3 atom stereocenters. The SMILES string of the molecule is CC1C([C@H]2OCC(=O)N2CCc2ccc3c(c2)CC(=O)N3)C(c2ccc(F)cc2)=NN1c1ccc(Br)cc1. The van der Waals surface area contributed by atoms with Gasteiger partial charge in [-0.2, -0.15) is 5.10 Å². The molecule has 9 heteroatoms. The largest absolute Gasteiger partial charge is 0.348 e. The van der Waals surface area contributed by atoms with E-state index in [0.29, 0.717) is 19.4 Å². The minimum atomic E-state index is -0.514. The number of hydrazone groups is 1. The smallest absolute Gasteiger partial charge is 0.250 e. The lowest BCUT2D eigenvalue weighted by molar-refractivity contribution is -0.128. The first-order valence-electron chi connectivity index (χ1n) is 12.6. The van der Waals surface area contributed by atoms with Gasteiger partial charge >= 0.3 is 0 Å². The van der Waals surface area contributed by atoms with E-state index in [0.717, 1.165) is 38.2 Å². The number of carbonyl (C=O) groups is 2. The van der Waals surface area contributed by atoms with Crippen LogP contribution in [0.5, 0.6) is 0 Å². The van der Waals surface area contributed by atoms with Crippen molar-refractivity contribution in [3.05, 3.63) is 93.7 Å². The zero-order chi connectivity index (χ0) is 26.4. The van der Waals surface area contributed by atoms with Crippen molar-refractivity contribution in [2.45, 2.75) is 32.0 Å². The fraction of sp³-hybridized carbons (Fsp3) is 0.276. The lowest BCUT2D eigenvalue weighted by Crippen LogP contribution is -2.47. The molecule has 3 aromatic rings. The van der Waals surface area contributed by atoms with Crippen molar-refractivity contribution in [1.82, 2.24) is 4.90 Å². The van der Waals surface area contributed by atoms with Gasteiger partial charge in [-0.25, -0.2) is 4.39 Å². The molecule has 0 aromatic heterocycles. The van der Waals surface area contributed by atoms with Gasteiger partial charge in [0, 0.05) is 16.7 Å². The average Bonchev–Trinajstić information content (AvgIpc) is 3.57. The fourth-order valence-corrected chi connectivity index (χ4v) is 5.76. The number of carbonyl (C=O) groups excluding carboxylic acids is 2. The Balaban J connectivity index is 1.29. The van der Waals surface area contributed by atoms with Crippen molar-refractivity contribution in [3.8, 4) is 0 Å². The van der Waals surface area contributed by atoms with Gasteiger partial charge in [0.1, 0.15) is 18.7 Å². The number of hydrogen-bond donors (Lipinski definition) is 1. The first-order valence-corrected chi connectivity index (χ1v) is 13.4. The molecule has 0 radical (unpaired) electrons. The van der Waals surface area contributed by atoms with Gasteiger partial charge in [0.15, 0.2) is 0 Å². The summed E-state index contributed by atoms with van der Waals surface area (Å²) in [6.07, 6.45) is 0.494. The second-order valence-corrected chi connectivity index (χ2v) is 10.8. The van der Waals surface area contributed by atoms with E-state index in [4.69, 9.17) is 9.84 Å². The highest BCUT2D eigenvalue weighted by Crippen LogP contribution is 2.37. The number of halogens is 2. The van der Waals surface area contributed by atoms with Gasteiger partial charge < -0.3 is 15.0 Å². The lowest BCUT2D eigenvalue weighted by atomic mass is 9.89. The highest BCUT2D eigenvalue weighted by Gasteiger charge is 2.47. The lowest BCUT2D eigenvalue weighted by Gasteiger charge is -2.33. The summed E-state index contributed by atoms with van der Waals surface area (Å²) < 4.78 is 20.8. The maximum Gasteiger partial charge on any atom is 0.250 e. The van der Waals surface area contributed by atoms with Crippen LogP contribution in [0.4, 0.5) is 15.8 Å². The van der Waals surface area contributed by atoms with E-state index in [-0.39, 0.29) is 36.2 Å². The number of nitrogens with zero attached hydrogens (tertiary/aromatic N) is 3. The molecular weight excluding hydrogens is 551 g/mol. The van der Waals surface area contributed by atoms with Crippen molar-refractivity contribution < 1.29 is 18.7 Å². The number of ether oxygens (including phenoxy) is 1. The molecule has 2 amide bonds. The third-order valence-corrected chi connectivity index (χ3v) is 7.94. The number of fused-ring (bicyclic) bond motifs is 1. The zero-order valence-corrected chi connectivity index (χ0v) is 22.3. The van der Waals surface area contributed by atoms with Crippen LogP contribution in [0.15, 0.2) is 76.3 Å². The maximum absolute atomic E-state index is 13.8. The Hall–Kier alpha value is -3.56. The van der Waals surface area contributed by atoms with Crippen LogP contribution in [-0.4, -0.2) is 47.8 Å². The predicted molar refractivity (Wildman–Crippen MR) is 146 cm³/mol. The summed E-state index contributed by atoms with van der Waals surface area (Å²) >= 11 is 3.49. The molecule has 0 bridgehead atoms. The second kappa shape index (κ2) is 9.96. The van der Waals surface area contributed by atoms with Crippen molar-refractivity contribution >= 4 is 44.8 Å². The van der Waals surface area contributed by atoms with E-state index < -0.39 is 6.23 Å². The summed E-state index contributed by atoms with van der Waals surface area (Å²) in [5, 5.41) is 9.78. The Morgan fingerprint density at radius 2 is 1.84 bits per heavy atom. The Morgan fingerprint density at radius 3 is 2.61 bits per heavy atom. The Labute approximate surface area is 228 Å². The number of rotatable bonds is 6. The summed E-state index contributed by atoms with van der Waals surface area (Å²) in [6.45, 7) is 2.55. The van der Waals surface area contributed by atoms with Gasteiger partial charge in [-0.05, 0) is 72.5 Å². The van der Waals surface area contributed by atoms with Crippen LogP contribution in [0.1, 0.15) is 23.6 Å². The molecule has 3 aromatic carbocycles. The van der Waals surface area contributed by atoms with Crippen LogP contribution in [0, 0.1) is 11.7 Å². The molecule has 2 unspecified atom stereocenters. The van der Waals surface area contributed by atoms with Gasteiger partial charge in [0.25, 0.3) is 5.91 Å². The number of nitrogens with one attached hydrogen (secondary N) is 1. The van der Waals surface area contributed by atoms with Crippen LogP contribution < -0.4 is 10.3 Å². The Kier molecular flexibility index (Phi) is 6.49. The third kappa shape index (κ3) is 4.61. The summed E-state index contributed by atoms with van der Waals surface area (Å²) in [5.41, 5.74) is 5.36. The Morgan fingerprint density at radius 1 is 1.08 bits per heavy atom. The maximum atomic E-state index is 13.8. The zero-order valence-electron chi connectivity index (χ0n) is 20.7. The van der Waals surface area contributed by atoms with E-state index in [9.17, 15) is 14.0 Å². The highest BCUT2D eigenvalue weighted by atomic mass is 79.9. The van der Waals surface area contributed by atoms with Gasteiger partial charge in [-0.3, -0.25) is 14.6 Å². The molecule has 0 saturated carbocycles. The van der Waals surface area contributed by atoms with Crippen LogP contribution in [-0.2, 0) is 27.2 Å².